The normalized spacial score (nSPS) is 24.3. The molecule has 0 aliphatic carbocycles. The van der Waals surface area contributed by atoms with Crippen molar-refractivity contribution < 1.29 is 0 Å². The van der Waals surface area contributed by atoms with Crippen LogP contribution in [-0.4, -0.2) is 37.1 Å². The third-order valence-electron chi connectivity index (χ3n) is 4.71. The van der Waals surface area contributed by atoms with E-state index in [1.165, 1.54) is 62.3 Å². The van der Waals surface area contributed by atoms with Crippen LogP contribution in [0.1, 0.15) is 30.4 Å². The third kappa shape index (κ3) is 2.63. The van der Waals surface area contributed by atoms with Crippen molar-refractivity contribution in [1.82, 2.24) is 4.90 Å². The lowest BCUT2D eigenvalue weighted by atomic mass is 10.1. The van der Waals surface area contributed by atoms with E-state index in [0.29, 0.717) is 6.54 Å². The molecule has 1 aromatic carbocycles. The van der Waals surface area contributed by atoms with Crippen LogP contribution in [0.15, 0.2) is 18.2 Å². The van der Waals surface area contributed by atoms with Gasteiger partial charge in [-0.25, -0.2) is 0 Å². The highest BCUT2D eigenvalue weighted by atomic mass is 15.3. The Bertz CT molecular complexity index is 444. The fourth-order valence-corrected chi connectivity index (χ4v) is 3.55. The van der Waals surface area contributed by atoms with Crippen molar-refractivity contribution in [2.45, 2.75) is 38.8 Å². The Kier molecular flexibility index (Phi) is 3.76. The number of fused-ring (bicyclic) bond motifs is 1. The maximum Gasteiger partial charge on any atom is 0.0369 e. The highest BCUT2D eigenvalue weighted by Gasteiger charge is 2.28. The van der Waals surface area contributed by atoms with Crippen molar-refractivity contribution in [3.63, 3.8) is 0 Å². The molecular weight excluding hydrogens is 234 g/mol. The van der Waals surface area contributed by atoms with Gasteiger partial charge in [0.1, 0.15) is 0 Å². The molecule has 1 unspecified atom stereocenters. The minimum Gasteiger partial charge on any atom is -0.370 e. The highest BCUT2D eigenvalue weighted by Crippen LogP contribution is 2.26. The molecular formula is C16H25N3. The molecule has 2 fully saturated rings. The number of nitrogens with two attached hydrogens (primary N) is 1. The quantitative estimate of drug-likeness (QED) is 0.883. The molecule has 19 heavy (non-hydrogen) atoms. The van der Waals surface area contributed by atoms with Crippen LogP contribution in [0.25, 0.3) is 0 Å². The van der Waals surface area contributed by atoms with Crippen LogP contribution in [0.5, 0.6) is 0 Å². The Balaban J connectivity index is 1.79. The van der Waals surface area contributed by atoms with Crippen LogP contribution >= 0.6 is 0 Å². The van der Waals surface area contributed by atoms with Crippen molar-refractivity contribution >= 4 is 5.69 Å². The van der Waals surface area contributed by atoms with Crippen LogP contribution in [0, 0.1) is 6.92 Å². The van der Waals surface area contributed by atoms with Crippen molar-refractivity contribution in [3.8, 4) is 0 Å². The van der Waals surface area contributed by atoms with Gasteiger partial charge < -0.3 is 10.6 Å². The Morgan fingerprint density at radius 3 is 2.84 bits per heavy atom. The van der Waals surface area contributed by atoms with Gasteiger partial charge in [-0.1, -0.05) is 6.07 Å². The van der Waals surface area contributed by atoms with Gasteiger partial charge in [0.05, 0.1) is 0 Å². The summed E-state index contributed by atoms with van der Waals surface area (Å²) in [4.78, 5) is 5.25. The van der Waals surface area contributed by atoms with E-state index in [9.17, 15) is 0 Å². The summed E-state index contributed by atoms with van der Waals surface area (Å²) in [6.45, 7) is 7.79. The smallest absolute Gasteiger partial charge is 0.0369 e. The second kappa shape index (κ2) is 5.51. The summed E-state index contributed by atoms with van der Waals surface area (Å²) in [5.74, 6) is 0. The van der Waals surface area contributed by atoms with Gasteiger partial charge in [-0.3, -0.25) is 4.90 Å². The van der Waals surface area contributed by atoms with E-state index >= 15 is 0 Å². The summed E-state index contributed by atoms with van der Waals surface area (Å²) in [5.41, 5.74) is 9.72. The highest BCUT2D eigenvalue weighted by molar-refractivity contribution is 5.51. The van der Waals surface area contributed by atoms with Crippen LogP contribution < -0.4 is 10.6 Å². The Hall–Kier alpha value is -1.06. The summed E-state index contributed by atoms with van der Waals surface area (Å²) in [7, 11) is 0. The molecule has 2 aliphatic heterocycles. The number of aryl methyl sites for hydroxylation is 1. The molecule has 2 heterocycles. The first kappa shape index (κ1) is 12.9. The zero-order valence-electron chi connectivity index (χ0n) is 11.9. The topological polar surface area (TPSA) is 32.5 Å². The molecule has 2 saturated heterocycles. The van der Waals surface area contributed by atoms with Crippen molar-refractivity contribution in [2.75, 3.05) is 31.1 Å². The molecule has 104 valence electrons. The molecule has 0 bridgehead atoms. The molecule has 2 N–H and O–H groups in total. The first-order chi connectivity index (χ1) is 9.28. The number of benzene rings is 1. The lowest BCUT2D eigenvalue weighted by Crippen LogP contribution is -2.36. The molecule has 0 radical (unpaired) electrons. The second-order valence-corrected chi connectivity index (χ2v) is 5.95. The van der Waals surface area contributed by atoms with Crippen molar-refractivity contribution in [2.24, 2.45) is 5.73 Å². The maximum atomic E-state index is 5.75. The zero-order chi connectivity index (χ0) is 13.2. The van der Waals surface area contributed by atoms with Gasteiger partial charge in [0.2, 0.25) is 0 Å². The SMILES string of the molecule is Cc1cc(N2CCCN3CCCC3C2)ccc1CN. The molecule has 0 amide bonds. The van der Waals surface area contributed by atoms with E-state index in [2.05, 4.69) is 34.9 Å². The summed E-state index contributed by atoms with van der Waals surface area (Å²) >= 11 is 0. The summed E-state index contributed by atoms with van der Waals surface area (Å²) in [6, 6.07) is 7.53. The number of nitrogens with zero attached hydrogens (tertiary/aromatic N) is 2. The van der Waals surface area contributed by atoms with E-state index in [4.69, 9.17) is 5.73 Å². The van der Waals surface area contributed by atoms with Gasteiger partial charge in [0.25, 0.3) is 0 Å². The molecule has 0 saturated carbocycles. The van der Waals surface area contributed by atoms with Crippen LogP contribution in [0.2, 0.25) is 0 Å². The monoisotopic (exact) mass is 259 g/mol. The lowest BCUT2D eigenvalue weighted by Gasteiger charge is -2.27. The van der Waals surface area contributed by atoms with E-state index in [-0.39, 0.29) is 0 Å². The molecule has 1 atom stereocenters. The molecule has 0 spiro atoms. The number of anilines is 1. The standard InChI is InChI=1S/C16H25N3/c1-13-10-15(6-5-14(13)11-17)19-9-3-8-18-7-2-4-16(18)12-19/h5-6,10,16H,2-4,7-9,11-12,17H2,1H3. The number of hydrogen-bond acceptors (Lipinski definition) is 3. The van der Waals surface area contributed by atoms with Crippen molar-refractivity contribution in [1.29, 1.82) is 0 Å². The van der Waals surface area contributed by atoms with Gasteiger partial charge in [-0.05, 0) is 56.0 Å². The summed E-state index contributed by atoms with van der Waals surface area (Å²) in [5, 5.41) is 0. The van der Waals surface area contributed by atoms with Crippen LogP contribution in [-0.2, 0) is 6.54 Å². The first-order valence-electron chi connectivity index (χ1n) is 7.56. The Morgan fingerprint density at radius 1 is 1.21 bits per heavy atom. The van der Waals surface area contributed by atoms with E-state index in [1.807, 2.05) is 0 Å². The van der Waals surface area contributed by atoms with Gasteiger partial charge in [0, 0.05) is 37.9 Å². The fourth-order valence-electron chi connectivity index (χ4n) is 3.55. The van der Waals surface area contributed by atoms with E-state index in [0.717, 1.165) is 6.04 Å². The van der Waals surface area contributed by atoms with E-state index < -0.39 is 0 Å². The number of hydrogen-bond donors (Lipinski definition) is 1. The average molecular weight is 259 g/mol. The Labute approximate surface area is 116 Å². The zero-order valence-corrected chi connectivity index (χ0v) is 11.9. The fraction of sp³-hybridized carbons (Fsp3) is 0.625. The predicted molar refractivity (Wildman–Crippen MR) is 80.5 cm³/mol. The number of rotatable bonds is 2. The maximum absolute atomic E-state index is 5.75. The summed E-state index contributed by atoms with van der Waals surface area (Å²) in [6.07, 6.45) is 4.04. The third-order valence-corrected chi connectivity index (χ3v) is 4.71. The van der Waals surface area contributed by atoms with Crippen LogP contribution in [0.3, 0.4) is 0 Å². The van der Waals surface area contributed by atoms with E-state index in [1.54, 1.807) is 0 Å². The first-order valence-corrected chi connectivity index (χ1v) is 7.56. The molecule has 1 aromatic rings. The minimum absolute atomic E-state index is 0.641. The summed E-state index contributed by atoms with van der Waals surface area (Å²) < 4.78 is 0. The Morgan fingerprint density at radius 2 is 2.05 bits per heavy atom. The van der Waals surface area contributed by atoms with Gasteiger partial charge >= 0.3 is 0 Å². The second-order valence-electron chi connectivity index (χ2n) is 5.95. The predicted octanol–water partition coefficient (Wildman–Crippen LogP) is 2.13. The lowest BCUT2D eigenvalue weighted by molar-refractivity contribution is 0.273. The molecule has 3 rings (SSSR count). The average Bonchev–Trinajstić information content (AvgIpc) is 2.76. The molecule has 3 nitrogen and oxygen atoms in total. The van der Waals surface area contributed by atoms with Gasteiger partial charge in [-0.2, -0.15) is 0 Å². The van der Waals surface area contributed by atoms with Crippen LogP contribution in [0.4, 0.5) is 5.69 Å². The molecule has 0 aromatic heterocycles. The van der Waals surface area contributed by atoms with Gasteiger partial charge in [-0.15, -0.1) is 0 Å². The molecule has 3 heteroatoms. The largest absolute Gasteiger partial charge is 0.370 e. The molecule has 2 aliphatic rings. The van der Waals surface area contributed by atoms with Gasteiger partial charge in [0.15, 0.2) is 0 Å². The van der Waals surface area contributed by atoms with Crippen molar-refractivity contribution in [3.05, 3.63) is 29.3 Å². The minimum atomic E-state index is 0.641.